The second-order valence-electron chi connectivity index (χ2n) is 4.66. The SMILES string of the molecule is CCc1ccc(-c2nnc(CN)n2C(C)C)cc1. The number of aromatic nitrogens is 3. The first-order valence-corrected chi connectivity index (χ1v) is 6.40. The maximum Gasteiger partial charge on any atom is 0.164 e. The first-order valence-electron chi connectivity index (χ1n) is 6.40. The lowest BCUT2D eigenvalue weighted by molar-refractivity contribution is 0.574. The summed E-state index contributed by atoms with van der Waals surface area (Å²) in [6.45, 7) is 6.80. The molecule has 1 aromatic heterocycles. The Morgan fingerprint density at radius 3 is 2.33 bits per heavy atom. The first-order chi connectivity index (χ1) is 8.67. The number of hydrogen-bond donors (Lipinski definition) is 1. The molecule has 0 aliphatic rings. The van der Waals surface area contributed by atoms with Crippen LogP contribution in [0.15, 0.2) is 24.3 Å². The fraction of sp³-hybridized carbons (Fsp3) is 0.429. The lowest BCUT2D eigenvalue weighted by atomic mass is 10.1. The van der Waals surface area contributed by atoms with E-state index in [0.29, 0.717) is 12.6 Å². The molecule has 1 aromatic carbocycles. The Hall–Kier alpha value is -1.68. The predicted molar refractivity (Wildman–Crippen MR) is 73.1 cm³/mol. The zero-order chi connectivity index (χ0) is 13.1. The molecular formula is C14H20N4. The van der Waals surface area contributed by atoms with E-state index < -0.39 is 0 Å². The van der Waals surface area contributed by atoms with E-state index in [1.807, 2.05) is 0 Å². The Kier molecular flexibility index (Phi) is 3.77. The molecule has 0 spiro atoms. The second kappa shape index (κ2) is 5.31. The molecule has 0 saturated carbocycles. The number of rotatable bonds is 4. The summed E-state index contributed by atoms with van der Waals surface area (Å²) < 4.78 is 2.10. The molecular weight excluding hydrogens is 224 g/mol. The summed E-state index contributed by atoms with van der Waals surface area (Å²) >= 11 is 0. The molecule has 96 valence electrons. The van der Waals surface area contributed by atoms with Gasteiger partial charge in [0.1, 0.15) is 5.82 Å². The van der Waals surface area contributed by atoms with Gasteiger partial charge in [0.05, 0.1) is 6.54 Å². The molecule has 0 atom stereocenters. The van der Waals surface area contributed by atoms with Crippen LogP contribution in [0.1, 0.15) is 38.2 Å². The van der Waals surface area contributed by atoms with Gasteiger partial charge in [-0.1, -0.05) is 31.2 Å². The van der Waals surface area contributed by atoms with E-state index in [4.69, 9.17) is 5.73 Å². The van der Waals surface area contributed by atoms with E-state index in [9.17, 15) is 0 Å². The third kappa shape index (κ3) is 2.29. The van der Waals surface area contributed by atoms with Crippen LogP contribution in [0.5, 0.6) is 0 Å². The molecule has 0 amide bonds. The minimum atomic E-state index is 0.305. The first kappa shape index (κ1) is 12.8. The van der Waals surface area contributed by atoms with Crippen molar-refractivity contribution in [1.29, 1.82) is 0 Å². The second-order valence-corrected chi connectivity index (χ2v) is 4.66. The average molecular weight is 244 g/mol. The van der Waals surface area contributed by atoms with Crippen molar-refractivity contribution in [2.75, 3.05) is 0 Å². The molecule has 0 aliphatic carbocycles. The summed E-state index contributed by atoms with van der Waals surface area (Å²) in [4.78, 5) is 0. The Labute approximate surface area is 108 Å². The van der Waals surface area contributed by atoms with Crippen molar-refractivity contribution in [3.05, 3.63) is 35.7 Å². The highest BCUT2D eigenvalue weighted by molar-refractivity contribution is 5.56. The van der Waals surface area contributed by atoms with Gasteiger partial charge in [-0.05, 0) is 25.8 Å². The van der Waals surface area contributed by atoms with Gasteiger partial charge < -0.3 is 10.3 Å². The maximum atomic E-state index is 5.70. The summed E-state index contributed by atoms with van der Waals surface area (Å²) in [5, 5.41) is 8.43. The van der Waals surface area contributed by atoms with E-state index in [1.54, 1.807) is 0 Å². The molecule has 4 heteroatoms. The molecule has 18 heavy (non-hydrogen) atoms. The summed E-state index contributed by atoms with van der Waals surface area (Å²) in [6, 6.07) is 8.77. The minimum absolute atomic E-state index is 0.305. The van der Waals surface area contributed by atoms with Gasteiger partial charge in [0.2, 0.25) is 0 Å². The smallest absolute Gasteiger partial charge is 0.164 e. The molecule has 2 N–H and O–H groups in total. The van der Waals surface area contributed by atoms with Crippen LogP contribution in [0.2, 0.25) is 0 Å². The van der Waals surface area contributed by atoms with Crippen molar-refractivity contribution in [1.82, 2.24) is 14.8 Å². The van der Waals surface area contributed by atoms with E-state index in [-0.39, 0.29) is 0 Å². The zero-order valence-corrected chi connectivity index (χ0v) is 11.2. The van der Waals surface area contributed by atoms with Crippen molar-refractivity contribution >= 4 is 0 Å². The van der Waals surface area contributed by atoms with Crippen LogP contribution in [-0.2, 0) is 13.0 Å². The Bertz CT molecular complexity index is 511. The topological polar surface area (TPSA) is 56.7 Å². The van der Waals surface area contributed by atoms with Crippen molar-refractivity contribution < 1.29 is 0 Å². The van der Waals surface area contributed by atoms with Crippen LogP contribution in [0.3, 0.4) is 0 Å². The van der Waals surface area contributed by atoms with Crippen molar-refractivity contribution in [3.8, 4) is 11.4 Å². The number of benzene rings is 1. The number of aryl methyl sites for hydroxylation is 1. The minimum Gasteiger partial charge on any atom is -0.324 e. The normalized spacial score (nSPS) is 11.2. The van der Waals surface area contributed by atoms with Gasteiger partial charge in [-0.3, -0.25) is 0 Å². The molecule has 0 bridgehead atoms. The molecule has 0 saturated heterocycles. The highest BCUT2D eigenvalue weighted by atomic mass is 15.3. The van der Waals surface area contributed by atoms with Crippen LogP contribution in [-0.4, -0.2) is 14.8 Å². The summed E-state index contributed by atoms with van der Waals surface area (Å²) in [7, 11) is 0. The zero-order valence-electron chi connectivity index (χ0n) is 11.2. The largest absolute Gasteiger partial charge is 0.324 e. The van der Waals surface area contributed by atoms with Gasteiger partial charge >= 0.3 is 0 Å². The fourth-order valence-corrected chi connectivity index (χ4v) is 2.09. The molecule has 2 aromatic rings. The lowest BCUT2D eigenvalue weighted by Gasteiger charge is -2.13. The van der Waals surface area contributed by atoms with Gasteiger partial charge in [0, 0.05) is 11.6 Å². The van der Waals surface area contributed by atoms with Crippen LogP contribution in [0, 0.1) is 0 Å². The van der Waals surface area contributed by atoms with Crippen molar-refractivity contribution in [3.63, 3.8) is 0 Å². The Morgan fingerprint density at radius 2 is 1.83 bits per heavy atom. The van der Waals surface area contributed by atoms with E-state index >= 15 is 0 Å². The Morgan fingerprint density at radius 1 is 1.17 bits per heavy atom. The van der Waals surface area contributed by atoms with Crippen molar-refractivity contribution in [2.24, 2.45) is 5.73 Å². The van der Waals surface area contributed by atoms with Crippen LogP contribution < -0.4 is 5.73 Å². The molecule has 2 rings (SSSR count). The molecule has 0 fully saturated rings. The number of hydrogen-bond acceptors (Lipinski definition) is 3. The van der Waals surface area contributed by atoms with Crippen LogP contribution >= 0.6 is 0 Å². The van der Waals surface area contributed by atoms with Gasteiger partial charge in [-0.25, -0.2) is 0 Å². The molecule has 0 unspecified atom stereocenters. The van der Waals surface area contributed by atoms with E-state index in [2.05, 4.69) is 59.8 Å². The lowest BCUT2D eigenvalue weighted by Crippen LogP contribution is -2.11. The van der Waals surface area contributed by atoms with Crippen LogP contribution in [0.25, 0.3) is 11.4 Å². The van der Waals surface area contributed by atoms with E-state index in [0.717, 1.165) is 23.6 Å². The third-order valence-corrected chi connectivity index (χ3v) is 3.09. The summed E-state index contributed by atoms with van der Waals surface area (Å²) in [5.74, 6) is 1.73. The third-order valence-electron chi connectivity index (χ3n) is 3.09. The summed E-state index contributed by atoms with van der Waals surface area (Å²) in [5.41, 5.74) is 8.12. The predicted octanol–water partition coefficient (Wildman–Crippen LogP) is 2.55. The van der Waals surface area contributed by atoms with E-state index in [1.165, 1.54) is 5.56 Å². The maximum absolute atomic E-state index is 5.70. The highest BCUT2D eigenvalue weighted by Gasteiger charge is 2.14. The molecule has 0 aliphatic heterocycles. The van der Waals surface area contributed by atoms with Gasteiger partial charge in [-0.2, -0.15) is 0 Å². The number of nitrogens with zero attached hydrogens (tertiary/aromatic N) is 3. The summed E-state index contributed by atoms with van der Waals surface area (Å²) in [6.07, 6.45) is 1.05. The quantitative estimate of drug-likeness (QED) is 0.899. The van der Waals surface area contributed by atoms with Crippen molar-refractivity contribution in [2.45, 2.75) is 39.8 Å². The highest BCUT2D eigenvalue weighted by Crippen LogP contribution is 2.22. The number of nitrogens with two attached hydrogens (primary N) is 1. The van der Waals surface area contributed by atoms with Crippen LogP contribution in [0.4, 0.5) is 0 Å². The fourth-order valence-electron chi connectivity index (χ4n) is 2.09. The molecule has 4 nitrogen and oxygen atoms in total. The molecule has 0 radical (unpaired) electrons. The molecule has 1 heterocycles. The standard InChI is InChI=1S/C14H20N4/c1-4-11-5-7-12(8-6-11)14-17-16-13(9-15)18(14)10(2)3/h5-8,10H,4,9,15H2,1-3H3. The van der Waals surface area contributed by atoms with Gasteiger partial charge in [-0.15, -0.1) is 10.2 Å². The average Bonchev–Trinajstić information content (AvgIpc) is 2.82. The van der Waals surface area contributed by atoms with Gasteiger partial charge in [0.15, 0.2) is 5.82 Å². The van der Waals surface area contributed by atoms with Gasteiger partial charge in [0.25, 0.3) is 0 Å². The monoisotopic (exact) mass is 244 g/mol. The Balaban J connectivity index is 2.46.